The molecular weight excluding hydrogens is 364 g/mol. The van der Waals surface area contributed by atoms with Crippen molar-refractivity contribution in [1.82, 2.24) is 9.80 Å². The van der Waals surface area contributed by atoms with Crippen LogP contribution in [0, 0.1) is 0 Å². The maximum Gasteiger partial charge on any atom is 0.246 e. The van der Waals surface area contributed by atoms with Crippen LogP contribution in [0.2, 0.25) is 0 Å². The van der Waals surface area contributed by atoms with Gasteiger partial charge in [-0.15, -0.1) is 0 Å². The Morgan fingerprint density at radius 3 is 2.31 bits per heavy atom. The largest absolute Gasteiger partial charge is 0.497 e. The number of methoxy groups -OCH3 is 2. The lowest BCUT2D eigenvalue weighted by Gasteiger charge is -2.34. The molecule has 1 aliphatic heterocycles. The lowest BCUT2D eigenvalue weighted by Crippen LogP contribution is -2.48. The van der Waals surface area contributed by atoms with Gasteiger partial charge in [0.1, 0.15) is 11.5 Å². The fourth-order valence-electron chi connectivity index (χ4n) is 3.52. The van der Waals surface area contributed by atoms with Gasteiger partial charge in [0, 0.05) is 38.8 Å². The minimum atomic E-state index is 0.0887. The molecule has 5 heteroatoms. The van der Waals surface area contributed by atoms with Crippen molar-refractivity contribution in [3.63, 3.8) is 0 Å². The predicted molar refractivity (Wildman–Crippen MR) is 116 cm³/mol. The highest BCUT2D eigenvalue weighted by molar-refractivity contribution is 5.95. The molecule has 154 valence electrons. The smallest absolute Gasteiger partial charge is 0.246 e. The fourth-order valence-corrected chi connectivity index (χ4v) is 3.52. The molecule has 0 radical (unpaired) electrons. The quantitative estimate of drug-likeness (QED) is 0.674. The molecule has 29 heavy (non-hydrogen) atoms. The highest BCUT2D eigenvalue weighted by Crippen LogP contribution is 2.19. The third-order valence-corrected chi connectivity index (χ3v) is 5.42. The van der Waals surface area contributed by atoms with E-state index in [0.717, 1.165) is 61.8 Å². The van der Waals surface area contributed by atoms with E-state index in [4.69, 9.17) is 9.47 Å². The molecule has 0 bridgehead atoms. The Morgan fingerprint density at radius 2 is 1.66 bits per heavy atom. The first-order valence-electron chi connectivity index (χ1n) is 10.1. The lowest BCUT2D eigenvalue weighted by molar-refractivity contribution is -0.127. The predicted octanol–water partition coefficient (Wildman–Crippen LogP) is 3.49. The summed E-state index contributed by atoms with van der Waals surface area (Å²) in [5, 5.41) is 0. The molecule has 1 aliphatic rings. The van der Waals surface area contributed by atoms with Crippen LogP contribution >= 0.6 is 0 Å². The summed E-state index contributed by atoms with van der Waals surface area (Å²) >= 11 is 0. The van der Waals surface area contributed by atoms with Crippen LogP contribution in [0.3, 0.4) is 0 Å². The van der Waals surface area contributed by atoms with Crippen LogP contribution in [0.1, 0.15) is 18.1 Å². The van der Waals surface area contributed by atoms with Gasteiger partial charge >= 0.3 is 0 Å². The third kappa shape index (κ3) is 5.84. The minimum Gasteiger partial charge on any atom is -0.497 e. The number of allylic oxidation sites excluding steroid dienone is 1. The number of hydrogen-bond donors (Lipinski definition) is 0. The van der Waals surface area contributed by atoms with Crippen LogP contribution in [-0.4, -0.2) is 62.7 Å². The van der Waals surface area contributed by atoms with E-state index < -0.39 is 0 Å². The third-order valence-electron chi connectivity index (χ3n) is 5.42. The molecule has 0 aliphatic carbocycles. The van der Waals surface area contributed by atoms with E-state index >= 15 is 0 Å². The molecule has 0 N–H and O–H groups in total. The standard InChI is InChI=1S/C24H30N2O3/c1-19(21-7-9-22(28-2)10-8-21)17-24(27)26-15-13-25(14-16-26)12-11-20-5-4-6-23(18-20)29-3/h4-10,17-18H,11-16H2,1-3H3/b19-17+. The summed E-state index contributed by atoms with van der Waals surface area (Å²) in [6, 6.07) is 16.0. The maximum atomic E-state index is 12.7. The first kappa shape index (κ1) is 20.9. The van der Waals surface area contributed by atoms with E-state index in [2.05, 4.69) is 17.0 Å². The van der Waals surface area contributed by atoms with Crippen LogP contribution in [0.5, 0.6) is 11.5 Å². The summed E-state index contributed by atoms with van der Waals surface area (Å²) < 4.78 is 10.5. The van der Waals surface area contributed by atoms with E-state index in [1.807, 2.05) is 48.2 Å². The Labute approximate surface area is 173 Å². The minimum absolute atomic E-state index is 0.0887. The molecule has 0 saturated carbocycles. The van der Waals surface area contributed by atoms with Crippen molar-refractivity contribution in [2.75, 3.05) is 46.9 Å². The highest BCUT2D eigenvalue weighted by Gasteiger charge is 2.19. The lowest BCUT2D eigenvalue weighted by atomic mass is 10.1. The summed E-state index contributed by atoms with van der Waals surface area (Å²) in [4.78, 5) is 17.0. The zero-order valence-corrected chi connectivity index (χ0v) is 17.6. The zero-order valence-electron chi connectivity index (χ0n) is 17.6. The van der Waals surface area contributed by atoms with Crippen LogP contribution in [-0.2, 0) is 11.2 Å². The Hall–Kier alpha value is -2.79. The van der Waals surface area contributed by atoms with E-state index in [1.54, 1.807) is 20.3 Å². The van der Waals surface area contributed by atoms with Crippen LogP contribution in [0.25, 0.3) is 5.57 Å². The molecule has 3 rings (SSSR count). The van der Waals surface area contributed by atoms with E-state index in [0.29, 0.717) is 0 Å². The van der Waals surface area contributed by atoms with Gasteiger partial charge in [-0.1, -0.05) is 24.3 Å². The number of amides is 1. The van der Waals surface area contributed by atoms with Gasteiger partial charge in [-0.05, 0) is 54.3 Å². The van der Waals surface area contributed by atoms with Crippen molar-refractivity contribution in [2.45, 2.75) is 13.3 Å². The molecule has 0 spiro atoms. The Kier molecular flexibility index (Phi) is 7.30. The first-order valence-corrected chi connectivity index (χ1v) is 10.1. The zero-order chi connectivity index (χ0) is 20.6. The maximum absolute atomic E-state index is 12.7. The topological polar surface area (TPSA) is 42.0 Å². The average molecular weight is 395 g/mol. The Balaban J connectivity index is 1.48. The van der Waals surface area contributed by atoms with Crippen LogP contribution < -0.4 is 9.47 Å². The highest BCUT2D eigenvalue weighted by atomic mass is 16.5. The molecular formula is C24H30N2O3. The summed E-state index contributed by atoms with van der Waals surface area (Å²) in [7, 11) is 3.34. The molecule has 1 saturated heterocycles. The number of carbonyl (C=O) groups excluding carboxylic acids is 1. The molecule has 0 unspecified atom stereocenters. The second kappa shape index (κ2) is 10.1. The van der Waals surface area contributed by atoms with Crippen molar-refractivity contribution in [3.8, 4) is 11.5 Å². The summed E-state index contributed by atoms with van der Waals surface area (Å²) in [5.74, 6) is 1.81. The van der Waals surface area contributed by atoms with Gasteiger partial charge in [-0.3, -0.25) is 9.69 Å². The van der Waals surface area contributed by atoms with Crippen LogP contribution in [0.15, 0.2) is 54.6 Å². The number of rotatable bonds is 7. The van der Waals surface area contributed by atoms with E-state index in [1.165, 1.54) is 5.56 Å². The van der Waals surface area contributed by atoms with Crippen molar-refractivity contribution in [2.24, 2.45) is 0 Å². The molecule has 0 atom stereocenters. The summed E-state index contributed by atoms with van der Waals surface area (Å²) in [5.41, 5.74) is 3.29. The number of hydrogen-bond acceptors (Lipinski definition) is 4. The second-order valence-corrected chi connectivity index (χ2v) is 7.32. The summed E-state index contributed by atoms with van der Waals surface area (Å²) in [6.45, 7) is 6.32. The monoisotopic (exact) mass is 394 g/mol. The number of nitrogens with zero attached hydrogens (tertiary/aromatic N) is 2. The van der Waals surface area contributed by atoms with E-state index in [-0.39, 0.29) is 5.91 Å². The number of piperazine rings is 1. The Bertz CT molecular complexity index is 837. The average Bonchev–Trinajstić information content (AvgIpc) is 2.78. The number of ether oxygens (including phenoxy) is 2. The molecule has 2 aromatic rings. The molecule has 5 nitrogen and oxygen atoms in total. The second-order valence-electron chi connectivity index (χ2n) is 7.32. The number of carbonyl (C=O) groups is 1. The van der Waals surface area contributed by atoms with Gasteiger partial charge in [0.25, 0.3) is 0 Å². The Morgan fingerprint density at radius 1 is 0.966 bits per heavy atom. The molecule has 0 aromatic heterocycles. The SMILES string of the molecule is COc1ccc(/C(C)=C/C(=O)N2CCN(CCc3cccc(OC)c3)CC2)cc1. The van der Waals surface area contributed by atoms with Gasteiger partial charge in [-0.2, -0.15) is 0 Å². The van der Waals surface area contributed by atoms with Gasteiger partial charge < -0.3 is 14.4 Å². The first-order chi connectivity index (χ1) is 14.1. The van der Waals surface area contributed by atoms with Gasteiger partial charge in [0.05, 0.1) is 14.2 Å². The van der Waals surface area contributed by atoms with E-state index in [9.17, 15) is 4.79 Å². The van der Waals surface area contributed by atoms with Crippen molar-refractivity contribution in [3.05, 3.63) is 65.7 Å². The van der Waals surface area contributed by atoms with Gasteiger partial charge in [-0.25, -0.2) is 0 Å². The van der Waals surface area contributed by atoms with Crippen LogP contribution in [0.4, 0.5) is 0 Å². The molecule has 2 aromatic carbocycles. The normalized spacial score (nSPS) is 15.3. The van der Waals surface area contributed by atoms with Crippen molar-refractivity contribution >= 4 is 11.5 Å². The summed E-state index contributed by atoms with van der Waals surface area (Å²) in [6.07, 6.45) is 2.73. The fraction of sp³-hybridized carbons (Fsp3) is 0.375. The molecule has 1 heterocycles. The van der Waals surface area contributed by atoms with Gasteiger partial charge in [0.15, 0.2) is 0 Å². The molecule has 1 fully saturated rings. The van der Waals surface area contributed by atoms with Crippen molar-refractivity contribution < 1.29 is 14.3 Å². The number of benzene rings is 2. The van der Waals surface area contributed by atoms with Gasteiger partial charge in [0.2, 0.25) is 5.91 Å². The van der Waals surface area contributed by atoms with Crippen molar-refractivity contribution in [1.29, 1.82) is 0 Å². The molecule has 1 amide bonds.